The van der Waals surface area contributed by atoms with E-state index >= 15 is 0 Å². The van der Waals surface area contributed by atoms with Crippen LogP contribution in [0.3, 0.4) is 0 Å². The summed E-state index contributed by atoms with van der Waals surface area (Å²) in [7, 11) is 1.93. The molecule has 0 radical (unpaired) electrons. The maximum absolute atomic E-state index is 5.40. The van der Waals surface area contributed by atoms with Crippen molar-refractivity contribution in [1.29, 1.82) is 0 Å². The first-order valence-electron chi connectivity index (χ1n) is 6.50. The van der Waals surface area contributed by atoms with Crippen molar-refractivity contribution in [2.75, 3.05) is 11.9 Å². The van der Waals surface area contributed by atoms with Crippen LogP contribution in [0.15, 0.2) is 59.3 Å². The van der Waals surface area contributed by atoms with Gasteiger partial charge >= 0.3 is 0 Å². The first kappa shape index (κ1) is 12.2. The van der Waals surface area contributed by atoms with Gasteiger partial charge in [-0.1, -0.05) is 41.7 Å². The zero-order valence-electron chi connectivity index (χ0n) is 11.3. The van der Waals surface area contributed by atoms with E-state index in [1.807, 2.05) is 53.0 Å². The number of hydrogen-bond donors (Lipinski definition) is 0. The Bertz CT molecular complexity index is 864. The van der Waals surface area contributed by atoms with E-state index in [0.29, 0.717) is 0 Å². The number of nitrogens with zero attached hydrogens (tertiary/aromatic N) is 4. The molecule has 0 aliphatic rings. The molecule has 4 rings (SSSR count). The summed E-state index contributed by atoms with van der Waals surface area (Å²) in [5.41, 5.74) is 2.09. The molecule has 0 atom stereocenters. The summed E-state index contributed by atoms with van der Waals surface area (Å²) in [6.07, 6.45) is 3.50. The van der Waals surface area contributed by atoms with Crippen LogP contribution in [-0.4, -0.2) is 21.6 Å². The molecule has 0 spiro atoms. The third-order valence-corrected chi connectivity index (χ3v) is 4.27. The molecule has 0 amide bonds. The topological polar surface area (TPSA) is 46.6 Å². The van der Waals surface area contributed by atoms with E-state index in [9.17, 15) is 0 Å². The van der Waals surface area contributed by atoms with Gasteiger partial charge in [-0.2, -0.15) is 0 Å². The Morgan fingerprint density at radius 1 is 1.14 bits per heavy atom. The molecular formula is C15H12N4OS. The Morgan fingerprint density at radius 3 is 2.76 bits per heavy atom. The lowest BCUT2D eigenvalue weighted by Gasteiger charge is -2.10. The van der Waals surface area contributed by atoms with Gasteiger partial charge in [0.1, 0.15) is 0 Å². The van der Waals surface area contributed by atoms with Gasteiger partial charge in [-0.3, -0.25) is 4.90 Å². The van der Waals surface area contributed by atoms with Gasteiger partial charge in [0.25, 0.3) is 0 Å². The lowest BCUT2D eigenvalue weighted by Crippen LogP contribution is -2.08. The van der Waals surface area contributed by atoms with E-state index in [1.165, 1.54) is 11.3 Å². The molecule has 0 saturated carbocycles. The molecule has 4 aromatic rings. The van der Waals surface area contributed by atoms with Crippen molar-refractivity contribution in [3.05, 3.63) is 54.9 Å². The van der Waals surface area contributed by atoms with Crippen LogP contribution in [0, 0.1) is 0 Å². The molecule has 21 heavy (non-hydrogen) atoms. The quantitative estimate of drug-likeness (QED) is 0.576. The van der Waals surface area contributed by atoms with Crippen LogP contribution in [0.5, 0.6) is 0 Å². The lowest BCUT2D eigenvalue weighted by molar-refractivity contribution is 0.569. The molecule has 0 unspecified atom stereocenters. The van der Waals surface area contributed by atoms with Crippen molar-refractivity contribution in [1.82, 2.24) is 14.6 Å². The molecule has 0 aliphatic heterocycles. The van der Waals surface area contributed by atoms with E-state index in [0.717, 1.165) is 27.2 Å². The molecule has 3 heterocycles. The summed E-state index contributed by atoms with van der Waals surface area (Å²) < 4.78 is 7.27. The highest BCUT2D eigenvalue weighted by molar-refractivity contribution is 7.20. The third-order valence-electron chi connectivity index (χ3n) is 3.27. The minimum atomic E-state index is 0.758. The van der Waals surface area contributed by atoms with Crippen molar-refractivity contribution in [3.63, 3.8) is 0 Å². The highest BCUT2D eigenvalue weighted by atomic mass is 32.1. The second-order valence-corrected chi connectivity index (χ2v) is 5.53. The van der Waals surface area contributed by atoms with Crippen LogP contribution in [0.2, 0.25) is 0 Å². The normalized spacial score (nSPS) is 11.1. The Balaban J connectivity index is 1.80. The Kier molecular flexibility index (Phi) is 2.75. The molecule has 0 saturated heterocycles. The third kappa shape index (κ3) is 2.00. The maximum Gasteiger partial charge on any atom is 0.214 e. The molecule has 1 aromatic carbocycles. The molecule has 0 bridgehead atoms. The lowest BCUT2D eigenvalue weighted by atomic mass is 10.2. The van der Waals surface area contributed by atoms with Crippen LogP contribution in [0.4, 0.5) is 11.0 Å². The predicted octanol–water partition coefficient (Wildman–Crippen LogP) is 3.82. The minimum absolute atomic E-state index is 0.758. The molecule has 6 heteroatoms. The smallest absolute Gasteiger partial charge is 0.214 e. The van der Waals surface area contributed by atoms with Gasteiger partial charge in [-0.25, -0.2) is 9.50 Å². The number of anilines is 2. The Hall–Kier alpha value is -2.60. The van der Waals surface area contributed by atoms with Crippen LogP contribution in [0.25, 0.3) is 16.2 Å². The number of hydrogen-bond acceptors (Lipinski definition) is 5. The summed E-state index contributed by atoms with van der Waals surface area (Å²) in [5.74, 6) is 0.758. The number of benzene rings is 1. The van der Waals surface area contributed by atoms with E-state index in [1.54, 1.807) is 6.26 Å². The number of aromatic nitrogens is 3. The zero-order valence-corrected chi connectivity index (χ0v) is 12.1. The first-order valence-corrected chi connectivity index (χ1v) is 7.32. The average Bonchev–Trinajstić information content (AvgIpc) is 3.23. The van der Waals surface area contributed by atoms with Crippen molar-refractivity contribution in [2.45, 2.75) is 0 Å². The second kappa shape index (κ2) is 4.75. The van der Waals surface area contributed by atoms with Crippen molar-refractivity contribution in [2.24, 2.45) is 0 Å². The van der Waals surface area contributed by atoms with E-state index < -0.39 is 0 Å². The van der Waals surface area contributed by atoms with Crippen molar-refractivity contribution >= 4 is 27.3 Å². The molecule has 0 fully saturated rings. The summed E-state index contributed by atoms with van der Waals surface area (Å²) in [4.78, 5) is 7.22. The molecular weight excluding hydrogens is 284 g/mol. The summed E-state index contributed by atoms with van der Waals surface area (Å²) in [6.45, 7) is 0. The van der Waals surface area contributed by atoms with Crippen LogP contribution >= 0.6 is 11.3 Å². The minimum Gasteiger partial charge on any atom is -0.448 e. The fraction of sp³-hybridized carbons (Fsp3) is 0.0667. The van der Waals surface area contributed by atoms with Gasteiger partial charge in [0.15, 0.2) is 0 Å². The van der Waals surface area contributed by atoms with Crippen molar-refractivity contribution < 1.29 is 4.42 Å². The molecule has 3 aromatic heterocycles. The number of fused-ring (bicyclic) bond motifs is 1. The van der Waals surface area contributed by atoms with Gasteiger partial charge < -0.3 is 4.42 Å². The van der Waals surface area contributed by atoms with Gasteiger partial charge in [-0.15, -0.1) is 5.10 Å². The largest absolute Gasteiger partial charge is 0.448 e. The van der Waals surface area contributed by atoms with Crippen LogP contribution < -0.4 is 4.90 Å². The van der Waals surface area contributed by atoms with E-state index in [2.05, 4.69) is 22.2 Å². The van der Waals surface area contributed by atoms with Crippen LogP contribution in [-0.2, 0) is 0 Å². The highest BCUT2D eigenvalue weighted by Crippen LogP contribution is 2.31. The fourth-order valence-corrected chi connectivity index (χ4v) is 3.02. The Morgan fingerprint density at radius 2 is 2.00 bits per heavy atom. The second-order valence-electron chi connectivity index (χ2n) is 4.60. The van der Waals surface area contributed by atoms with Crippen molar-refractivity contribution in [3.8, 4) is 11.3 Å². The number of furan rings is 1. The summed E-state index contributed by atoms with van der Waals surface area (Å²) in [6, 6.07) is 13.9. The molecule has 0 N–H and O–H groups in total. The Labute approximate surface area is 125 Å². The van der Waals surface area contributed by atoms with Gasteiger partial charge in [0.05, 0.1) is 18.2 Å². The number of rotatable bonds is 3. The molecule has 5 nitrogen and oxygen atoms in total. The maximum atomic E-state index is 5.40. The SMILES string of the molecule is CN(c1ccco1)c1nn2c(-c3ccccc3)cnc2s1. The molecule has 0 aliphatic carbocycles. The highest BCUT2D eigenvalue weighted by Gasteiger charge is 2.15. The summed E-state index contributed by atoms with van der Waals surface area (Å²) >= 11 is 1.53. The fourth-order valence-electron chi connectivity index (χ4n) is 2.18. The van der Waals surface area contributed by atoms with Gasteiger partial charge in [0, 0.05) is 18.7 Å². The molecule has 104 valence electrons. The monoisotopic (exact) mass is 296 g/mol. The van der Waals surface area contributed by atoms with Crippen LogP contribution in [0.1, 0.15) is 0 Å². The first-order chi connectivity index (χ1) is 10.3. The van der Waals surface area contributed by atoms with E-state index in [-0.39, 0.29) is 0 Å². The number of imidazole rings is 1. The summed E-state index contributed by atoms with van der Waals surface area (Å²) in [5, 5.41) is 5.48. The predicted molar refractivity (Wildman–Crippen MR) is 83.1 cm³/mol. The average molecular weight is 296 g/mol. The van der Waals surface area contributed by atoms with E-state index in [4.69, 9.17) is 4.42 Å². The van der Waals surface area contributed by atoms with Gasteiger partial charge in [-0.05, 0) is 6.07 Å². The standard InChI is InChI=1S/C15H12N4OS/c1-18(13-8-5-9-20-13)15-17-19-12(10-16-14(19)21-15)11-6-3-2-4-7-11/h2-10H,1H3. The zero-order chi connectivity index (χ0) is 14.2. The van der Waals surface area contributed by atoms with Gasteiger partial charge in [0.2, 0.25) is 16.0 Å².